The molecule has 1 aromatic carbocycles. The van der Waals surface area contributed by atoms with Gasteiger partial charge in [-0.25, -0.2) is 17.1 Å². The van der Waals surface area contributed by atoms with Gasteiger partial charge in [0.05, 0.1) is 6.26 Å². The number of rotatable bonds is 4. The van der Waals surface area contributed by atoms with Crippen LogP contribution < -0.4 is 5.32 Å². The highest BCUT2D eigenvalue weighted by atomic mass is 32.2. The van der Waals surface area contributed by atoms with E-state index in [0.29, 0.717) is 18.7 Å². The summed E-state index contributed by atoms with van der Waals surface area (Å²) in [4.78, 5) is 0. The zero-order chi connectivity index (χ0) is 15.6. The number of hydrogen-bond acceptors (Lipinski definition) is 3. The fraction of sp³-hybridized carbons (Fsp3) is 0.600. The summed E-state index contributed by atoms with van der Waals surface area (Å²) in [7, 11) is -3.12. The number of sulfonamides is 1. The van der Waals surface area contributed by atoms with Crippen LogP contribution in [0.3, 0.4) is 0 Å². The Morgan fingerprint density at radius 3 is 2.62 bits per heavy atom. The van der Waals surface area contributed by atoms with Gasteiger partial charge in [0.2, 0.25) is 10.0 Å². The third kappa shape index (κ3) is 4.02. The molecule has 1 heterocycles. The molecule has 1 N–H and O–H groups in total. The Bertz CT molecular complexity index is 591. The predicted molar refractivity (Wildman–Crippen MR) is 81.9 cm³/mol. The van der Waals surface area contributed by atoms with E-state index in [4.69, 9.17) is 0 Å². The number of hydrogen-bond donors (Lipinski definition) is 1. The van der Waals surface area contributed by atoms with Crippen molar-refractivity contribution in [3.8, 4) is 0 Å². The number of halogens is 1. The quantitative estimate of drug-likeness (QED) is 0.926. The zero-order valence-corrected chi connectivity index (χ0v) is 13.5. The van der Waals surface area contributed by atoms with Crippen LogP contribution >= 0.6 is 0 Å². The first kappa shape index (κ1) is 16.4. The lowest BCUT2D eigenvalue weighted by Crippen LogP contribution is -2.50. The highest BCUT2D eigenvalue weighted by Crippen LogP contribution is 2.23. The van der Waals surface area contributed by atoms with Crippen molar-refractivity contribution in [3.05, 3.63) is 35.6 Å². The second-order valence-electron chi connectivity index (χ2n) is 5.90. The van der Waals surface area contributed by atoms with Gasteiger partial charge in [-0.15, -0.1) is 0 Å². The summed E-state index contributed by atoms with van der Waals surface area (Å²) in [6.07, 6.45) is 1.99. The third-order valence-electron chi connectivity index (χ3n) is 4.17. The standard InChI is InChI=1S/C15H23FN2O2S/c1-11-10-18(21(3,19)20)9-8-15(11)17-12(2)13-6-4-5-7-14(13)16/h4-7,11-12,15,17H,8-10H2,1-3H3. The van der Waals surface area contributed by atoms with E-state index in [1.807, 2.05) is 19.9 Å². The van der Waals surface area contributed by atoms with Crippen LogP contribution in [0.15, 0.2) is 24.3 Å². The van der Waals surface area contributed by atoms with E-state index in [-0.39, 0.29) is 23.8 Å². The molecule has 4 nitrogen and oxygen atoms in total. The van der Waals surface area contributed by atoms with E-state index >= 15 is 0 Å². The number of nitrogens with zero attached hydrogens (tertiary/aromatic N) is 1. The molecular weight excluding hydrogens is 291 g/mol. The van der Waals surface area contributed by atoms with Crippen molar-refractivity contribution in [2.75, 3.05) is 19.3 Å². The summed E-state index contributed by atoms with van der Waals surface area (Å²) in [6, 6.07) is 6.85. The van der Waals surface area contributed by atoms with Crippen molar-refractivity contribution in [2.45, 2.75) is 32.4 Å². The van der Waals surface area contributed by atoms with E-state index in [2.05, 4.69) is 5.32 Å². The first-order chi connectivity index (χ1) is 9.79. The molecule has 1 saturated heterocycles. The molecule has 118 valence electrons. The van der Waals surface area contributed by atoms with Crippen LogP contribution in [0.5, 0.6) is 0 Å². The Morgan fingerprint density at radius 2 is 2.05 bits per heavy atom. The predicted octanol–water partition coefficient (Wildman–Crippen LogP) is 2.15. The molecule has 0 radical (unpaired) electrons. The molecule has 0 amide bonds. The minimum Gasteiger partial charge on any atom is -0.307 e. The van der Waals surface area contributed by atoms with Crippen molar-refractivity contribution in [3.63, 3.8) is 0 Å². The third-order valence-corrected chi connectivity index (χ3v) is 5.44. The van der Waals surface area contributed by atoms with Gasteiger partial charge in [-0.3, -0.25) is 0 Å². The van der Waals surface area contributed by atoms with Crippen molar-refractivity contribution >= 4 is 10.0 Å². The van der Waals surface area contributed by atoms with Crippen molar-refractivity contribution in [1.29, 1.82) is 0 Å². The van der Waals surface area contributed by atoms with E-state index in [1.165, 1.54) is 16.6 Å². The van der Waals surface area contributed by atoms with Crippen molar-refractivity contribution in [2.24, 2.45) is 5.92 Å². The van der Waals surface area contributed by atoms with E-state index < -0.39 is 10.0 Å². The van der Waals surface area contributed by atoms with Crippen LogP contribution in [0.4, 0.5) is 4.39 Å². The molecule has 1 aliphatic heterocycles. The smallest absolute Gasteiger partial charge is 0.211 e. The summed E-state index contributed by atoms with van der Waals surface area (Å²) >= 11 is 0. The lowest BCUT2D eigenvalue weighted by atomic mass is 9.93. The number of nitrogens with one attached hydrogen (secondary N) is 1. The van der Waals surface area contributed by atoms with Crippen molar-refractivity contribution in [1.82, 2.24) is 9.62 Å². The highest BCUT2D eigenvalue weighted by Gasteiger charge is 2.31. The van der Waals surface area contributed by atoms with Crippen LogP contribution in [0.25, 0.3) is 0 Å². The second-order valence-corrected chi connectivity index (χ2v) is 7.89. The molecule has 1 aromatic rings. The Hall–Kier alpha value is -0.980. The highest BCUT2D eigenvalue weighted by molar-refractivity contribution is 7.88. The molecule has 21 heavy (non-hydrogen) atoms. The van der Waals surface area contributed by atoms with Gasteiger partial charge in [-0.05, 0) is 25.3 Å². The Kier molecular flexibility index (Phi) is 5.01. The second kappa shape index (κ2) is 6.42. The Balaban J connectivity index is 2.00. The summed E-state index contributed by atoms with van der Waals surface area (Å²) in [5.41, 5.74) is 0.648. The fourth-order valence-electron chi connectivity index (χ4n) is 2.89. The summed E-state index contributed by atoms with van der Waals surface area (Å²) in [6.45, 7) is 5.00. The number of piperidine rings is 1. The van der Waals surface area contributed by atoms with Gasteiger partial charge in [0.15, 0.2) is 0 Å². The molecule has 2 rings (SSSR count). The molecule has 3 atom stereocenters. The van der Waals surface area contributed by atoms with Crippen LogP contribution in [0.2, 0.25) is 0 Å². The normalized spacial score (nSPS) is 25.7. The lowest BCUT2D eigenvalue weighted by Gasteiger charge is -2.37. The average Bonchev–Trinajstić information content (AvgIpc) is 2.40. The SMILES string of the molecule is CC(NC1CCN(S(C)(=O)=O)CC1C)c1ccccc1F. The zero-order valence-electron chi connectivity index (χ0n) is 12.7. The van der Waals surface area contributed by atoms with Crippen molar-refractivity contribution < 1.29 is 12.8 Å². The molecule has 3 unspecified atom stereocenters. The van der Waals surface area contributed by atoms with Gasteiger partial charge in [0, 0.05) is 30.7 Å². The average molecular weight is 314 g/mol. The molecule has 0 aromatic heterocycles. The molecule has 0 saturated carbocycles. The molecule has 1 aliphatic rings. The maximum atomic E-state index is 13.8. The lowest BCUT2D eigenvalue weighted by molar-refractivity contribution is 0.210. The summed E-state index contributed by atoms with van der Waals surface area (Å²) < 4.78 is 38.5. The molecule has 6 heteroatoms. The summed E-state index contributed by atoms with van der Waals surface area (Å²) in [5, 5.41) is 3.44. The Morgan fingerprint density at radius 1 is 1.38 bits per heavy atom. The molecule has 0 spiro atoms. The first-order valence-electron chi connectivity index (χ1n) is 7.24. The topological polar surface area (TPSA) is 49.4 Å². The minimum atomic E-state index is -3.12. The van der Waals surface area contributed by atoms with Gasteiger partial charge in [0.25, 0.3) is 0 Å². The van der Waals surface area contributed by atoms with Gasteiger partial charge in [0.1, 0.15) is 5.82 Å². The summed E-state index contributed by atoms with van der Waals surface area (Å²) in [5.74, 6) is -0.0126. The van der Waals surface area contributed by atoms with Crippen LogP contribution in [0.1, 0.15) is 31.9 Å². The largest absolute Gasteiger partial charge is 0.307 e. The van der Waals surface area contributed by atoms with E-state index in [9.17, 15) is 12.8 Å². The van der Waals surface area contributed by atoms with Gasteiger partial charge < -0.3 is 5.32 Å². The van der Waals surface area contributed by atoms with Crippen LogP contribution in [-0.4, -0.2) is 38.1 Å². The molecular formula is C15H23FN2O2S. The van der Waals surface area contributed by atoms with Gasteiger partial charge in [-0.1, -0.05) is 25.1 Å². The van der Waals surface area contributed by atoms with E-state index in [1.54, 1.807) is 12.1 Å². The molecule has 0 aliphatic carbocycles. The number of benzene rings is 1. The maximum Gasteiger partial charge on any atom is 0.211 e. The van der Waals surface area contributed by atoms with E-state index in [0.717, 1.165) is 6.42 Å². The first-order valence-corrected chi connectivity index (χ1v) is 9.09. The molecule has 0 bridgehead atoms. The van der Waals surface area contributed by atoms with Crippen LogP contribution in [0, 0.1) is 11.7 Å². The fourth-order valence-corrected chi connectivity index (χ4v) is 3.84. The Labute approximate surface area is 126 Å². The monoisotopic (exact) mass is 314 g/mol. The van der Waals surface area contributed by atoms with Gasteiger partial charge in [-0.2, -0.15) is 0 Å². The van der Waals surface area contributed by atoms with Crippen LogP contribution in [-0.2, 0) is 10.0 Å². The van der Waals surface area contributed by atoms with Gasteiger partial charge >= 0.3 is 0 Å². The minimum absolute atomic E-state index is 0.0940. The molecule has 1 fully saturated rings. The maximum absolute atomic E-state index is 13.8.